The van der Waals surface area contributed by atoms with Gasteiger partial charge in [-0.1, -0.05) is 109 Å². The van der Waals surface area contributed by atoms with Crippen LogP contribution in [0.25, 0.3) is 22.8 Å². The van der Waals surface area contributed by atoms with Gasteiger partial charge < -0.3 is 0 Å². The molecule has 3 aliphatic carbocycles. The van der Waals surface area contributed by atoms with E-state index in [9.17, 15) is 8.78 Å². The number of fused-ring (bicyclic) bond motifs is 2. The van der Waals surface area contributed by atoms with Gasteiger partial charge in [0.1, 0.15) is 0 Å². The summed E-state index contributed by atoms with van der Waals surface area (Å²) in [6, 6.07) is 39.6. The van der Waals surface area contributed by atoms with Crippen molar-refractivity contribution >= 4 is 39.7 Å². The van der Waals surface area contributed by atoms with Gasteiger partial charge in [-0.05, 0) is 47.9 Å². The number of unbranched alkanes of at least 4 members (excludes halogenated alkanes) is 1. The molecular formula is C51H48Cl2F2Zr. The molecular weight excluding hydrogens is 813 g/mol. The van der Waals surface area contributed by atoms with E-state index >= 15 is 0 Å². The first-order valence-corrected chi connectivity index (χ1v) is 20.1. The van der Waals surface area contributed by atoms with Gasteiger partial charge in [0.15, 0.2) is 0 Å². The summed E-state index contributed by atoms with van der Waals surface area (Å²) >= 11 is 1.31. The summed E-state index contributed by atoms with van der Waals surface area (Å²) in [6.45, 7) is 6.79. The summed E-state index contributed by atoms with van der Waals surface area (Å²) in [5.41, 5.74) is 11.1. The van der Waals surface area contributed by atoms with Crippen LogP contribution in [0.5, 0.6) is 0 Å². The molecule has 56 heavy (non-hydrogen) atoms. The fourth-order valence-corrected chi connectivity index (χ4v) is 8.37. The number of aryl methyl sites for hydroxylation is 1. The van der Waals surface area contributed by atoms with E-state index in [1.807, 2.05) is 24.3 Å². The molecule has 5 aromatic rings. The maximum absolute atomic E-state index is 13.0. The minimum atomic E-state index is -0.207. The zero-order valence-electron chi connectivity index (χ0n) is 32.2. The van der Waals surface area contributed by atoms with E-state index in [-0.39, 0.29) is 41.9 Å². The van der Waals surface area contributed by atoms with Gasteiger partial charge in [0.25, 0.3) is 0 Å². The van der Waals surface area contributed by atoms with Crippen molar-refractivity contribution in [1.29, 1.82) is 0 Å². The van der Waals surface area contributed by atoms with E-state index in [2.05, 4.69) is 124 Å². The molecule has 0 aliphatic heterocycles. The minimum absolute atomic E-state index is 0. The predicted octanol–water partition coefficient (Wildman–Crippen LogP) is 12.0. The van der Waals surface area contributed by atoms with Crippen LogP contribution in [0.4, 0.5) is 8.78 Å². The van der Waals surface area contributed by atoms with E-state index in [0.717, 1.165) is 36.8 Å². The number of benzene rings is 5. The molecule has 1 atom stereocenters. The number of hydrogen-bond donors (Lipinski definition) is 0. The monoisotopic (exact) mass is 858 g/mol. The first-order valence-electron chi connectivity index (χ1n) is 18.8. The first-order chi connectivity index (χ1) is 26.3. The van der Waals surface area contributed by atoms with E-state index in [4.69, 9.17) is 0 Å². The van der Waals surface area contributed by atoms with Crippen LogP contribution in [0.3, 0.4) is 0 Å². The van der Waals surface area contributed by atoms with E-state index in [1.54, 1.807) is 24.3 Å². The molecule has 1 unspecified atom stereocenters. The third kappa shape index (κ3) is 11.3. The van der Waals surface area contributed by atoms with Crippen molar-refractivity contribution in [2.75, 3.05) is 0 Å². The Balaban J connectivity index is 0.000000236. The van der Waals surface area contributed by atoms with E-state index < -0.39 is 0 Å². The average molecular weight is 861 g/mol. The molecule has 0 heterocycles. The van der Waals surface area contributed by atoms with Crippen molar-refractivity contribution in [2.45, 2.75) is 64.7 Å². The molecule has 0 nitrogen and oxygen atoms in total. The third-order valence-electron chi connectivity index (χ3n) is 10.1. The Hall–Kier alpha value is -4.01. The van der Waals surface area contributed by atoms with Crippen LogP contribution in [-0.2, 0) is 42.5 Å². The Morgan fingerprint density at radius 1 is 0.750 bits per heavy atom. The maximum atomic E-state index is 13.0. The Kier molecular flexibility index (Phi) is 17.2. The molecule has 0 aromatic heterocycles. The van der Waals surface area contributed by atoms with Crippen molar-refractivity contribution in [3.63, 3.8) is 0 Å². The van der Waals surface area contributed by atoms with E-state index in [1.165, 1.54) is 102 Å². The van der Waals surface area contributed by atoms with Gasteiger partial charge in [-0.3, -0.25) is 6.08 Å². The van der Waals surface area contributed by atoms with E-state index in [0.29, 0.717) is 0 Å². The second-order valence-corrected chi connectivity index (χ2v) is 15.9. The van der Waals surface area contributed by atoms with Crippen LogP contribution in [-0.4, -0.2) is 3.21 Å². The maximum Gasteiger partial charge on any atom is -0.109 e. The number of allylic oxidation sites excluding steroid dienone is 8. The largest absolute Gasteiger partial charge is 0.273 e. The standard InChI is InChI=1S/C31H29.C15H12F2.C5H5.2ClH.Zr/c1-4-5-16-31(27-14-10-7-11-15-27)21-26-19-25-20-28(24-12-8-6-9-13-24)22(2)17-29(25)30(26)18-23(31)3;16-14-8-2-6-12(10-14)4-1-5-13-7-3-9-15(17)11-13;1-2-4-5-3-1;;;/h6-15,17-20H,4-5,16H2,1-3H3;2-3,6-11H,4-5H2;1-3H,4H2;2*1H;/q-1;;-1;;;+2. The molecule has 5 heteroatoms. The minimum Gasteiger partial charge on any atom is -0.273 e. The van der Waals surface area contributed by atoms with Crippen molar-refractivity contribution in [3.8, 4) is 11.1 Å². The van der Waals surface area contributed by atoms with Crippen LogP contribution >= 0.6 is 24.8 Å². The molecule has 0 fully saturated rings. The molecule has 284 valence electrons. The SMILES string of the molecule is CCCCC1(c2ccccc2)[C-]=C2C=c3cc(-c4ccccc4)c(C)cc3=C2C=C1C.Cl.Cl.Fc1cccc(C[C](=[Zr+2])Cc2cccc(F)c2)c1.[C-]1=CC=CC1. The summed E-state index contributed by atoms with van der Waals surface area (Å²) < 4.78 is 27.4. The Morgan fingerprint density at radius 2 is 1.38 bits per heavy atom. The fraction of sp³-hybridized carbons (Fsp3) is 0.196. The quantitative estimate of drug-likeness (QED) is 0.130. The van der Waals surface area contributed by atoms with Crippen LogP contribution in [0.15, 0.2) is 157 Å². The first kappa shape index (κ1) is 44.7. The smallest absolute Gasteiger partial charge is 0.109 e. The zero-order chi connectivity index (χ0) is 37.9. The van der Waals surface area contributed by atoms with Crippen molar-refractivity contribution < 1.29 is 33.0 Å². The molecule has 0 N–H and O–H groups in total. The second-order valence-electron chi connectivity index (χ2n) is 14.1. The summed E-state index contributed by atoms with van der Waals surface area (Å²) in [6.07, 6.45) is 23.8. The predicted molar refractivity (Wildman–Crippen MR) is 233 cm³/mol. The van der Waals surface area contributed by atoms with Gasteiger partial charge in [-0.15, -0.1) is 42.9 Å². The Labute approximate surface area is 359 Å². The summed E-state index contributed by atoms with van der Waals surface area (Å²) in [5.74, 6) is -0.413. The second kappa shape index (κ2) is 21.5. The molecule has 0 radical (unpaired) electrons. The molecule has 0 amide bonds. The van der Waals surface area contributed by atoms with Crippen molar-refractivity contribution in [3.05, 3.63) is 213 Å². The van der Waals surface area contributed by atoms with Crippen molar-refractivity contribution in [2.24, 2.45) is 0 Å². The fourth-order valence-electron chi connectivity index (χ4n) is 7.37. The summed E-state index contributed by atoms with van der Waals surface area (Å²) in [5, 5.41) is 2.65. The van der Waals surface area contributed by atoms with Crippen LogP contribution in [0.2, 0.25) is 0 Å². The van der Waals surface area contributed by atoms with Gasteiger partial charge >= 0.3 is 120 Å². The van der Waals surface area contributed by atoms with Gasteiger partial charge in [0.05, 0.1) is 0 Å². The van der Waals surface area contributed by atoms with Crippen LogP contribution in [0.1, 0.15) is 61.8 Å². The van der Waals surface area contributed by atoms with Gasteiger partial charge in [0.2, 0.25) is 0 Å². The molecule has 0 spiro atoms. The van der Waals surface area contributed by atoms with Gasteiger partial charge in [-0.25, -0.2) is 12.2 Å². The third-order valence-corrected chi connectivity index (χ3v) is 11.0. The summed E-state index contributed by atoms with van der Waals surface area (Å²) in [4.78, 5) is 0. The number of hydrogen-bond acceptors (Lipinski definition) is 0. The van der Waals surface area contributed by atoms with Crippen LogP contribution < -0.4 is 10.4 Å². The molecule has 5 aromatic carbocycles. The van der Waals surface area contributed by atoms with Gasteiger partial charge in [-0.2, -0.15) is 23.8 Å². The Bertz CT molecular complexity index is 2300. The van der Waals surface area contributed by atoms with Crippen molar-refractivity contribution in [1.82, 2.24) is 0 Å². The molecule has 8 rings (SSSR count). The summed E-state index contributed by atoms with van der Waals surface area (Å²) in [7, 11) is 0. The van der Waals surface area contributed by atoms with Gasteiger partial charge in [0, 0.05) is 0 Å². The molecule has 0 saturated heterocycles. The number of rotatable bonds is 9. The molecule has 0 saturated carbocycles. The van der Waals surface area contributed by atoms with Crippen LogP contribution in [0, 0.1) is 30.7 Å². The normalized spacial score (nSPS) is 15.6. The zero-order valence-corrected chi connectivity index (χ0v) is 36.3. The molecule has 3 aliphatic rings. The topological polar surface area (TPSA) is 0 Å². The Morgan fingerprint density at radius 3 is 1.91 bits per heavy atom. The number of halogens is 4. The molecule has 0 bridgehead atoms. The average Bonchev–Trinajstić information content (AvgIpc) is 3.87.